The van der Waals surface area contributed by atoms with Gasteiger partial charge in [-0.25, -0.2) is 4.79 Å². The molecule has 1 amide bonds. The third-order valence-electron chi connectivity index (χ3n) is 3.01. The first-order valence-electron chi connectivity index (χ1n) is 6.04. The molecule has 0 aliphatic carbocycles. The van der Waals surface area contributed by atoms with Crippen LogP contribution in [0.3, 0.4) is 0 Å². The Bertz CT molecular complexity index is 328. The minimum absolute atomic E-state index is 0.0459. The predicted octanol–water partition coefficient (Wildman–Crippen LogP) is 2.13. The molecule has 1 heterocycles. The predicted molar refractivity (Wildman–Crippen MR) is 65.6 cm³/mol. The Balaban J connectivity index is 2.81. The molecule has 0 aromatic carbocycles. The first kappa shape index (κ1) is 14.0. The van der Waals surface area contributed by atoms with Crippen LogP contribution < -0.4 is 0 Å². The van der Waals surface area contributed by atoms with Crippen molar-refractivity contribution >= 4 is 11.9 Å². The second kappa shape index (κ2) is 4.31. The third-order valence-corrected chi connectivity index (χ3v) is 3.01. The van der Waals surface area contributed by atoms with Crippen LogP contribution in [0.4, 0.5) is 0 Å². The fourth-order valence-corrected chi connectivity index (χ4v) is 2.31. The SMILES string of the molecule is CC(C)(C)CC(=O)N1CC(C)(C)C[C@H]1C(=O)O. The number of aliphatic carboxylic acids is 1. The van der Waals surface area contributed by atoms with Crippen LogP contribution in [-0.4, -0.2) is 34.5 Å². The Morgan fingerprint density at radius 1 is 1.35 bits per heavy atom. The fourth-order valence-electron chi connectivity index (χ4n) is 2.31. The van der Waals surface area contributed by atoms with E-state index in [2.05, 4.69) is 0 Å². The van der Waals surface area contributed by atoms with Crippen molar-refractivity contribution in [2.45, 2.75) is 53.5 Å². The van der Waals surface area contributed by atoms with Gasteiger partial charge in [0, 0.05) is 13.0 Å². The molecule has 0 spiro atoms. The Kier molecular flexibility index (Phi) is 3.55. The molecule has 1 saturated heterocycles. The van der Waals surface area contributed by atoms with Crippen LogP contribution >= 0.6 is 0 Å². The maximum atomic E-state index is 12.1. The molecule has 1 aliphatic rings. The fraction of sp³-hybridized carbons (Fsp3) is 0.846. The zero-order chi connectivity index (χ0) is 13.4. The number of carbonyl (C=O) groups excluding carboxylic acids is 1. The normalized spacial score (nSPS) is 23.8. The molecule has 4 nitrogen and oxygen atoms in total. The van der Waals surface area contributed by atoms with Crippen LogP contribution in [0.25, 0.3) is 0 Å². The zero-order valence-electron chi connectivity index (χ0n) is 11.4. The Morgan fingerprint density at radius 2 is 1.88 bits per heavy atom. The lowest BCUT2D eigenvalue weighted by atomic mass is 9.91. The van der Waals surface area contributed by atoms with Gasteiger partial charge in [-0.05, 0) is 17.3 Å². The molecule has 0 aromatic rings. The van der Waals surface area contributed by atoms with Crippen LogP contribution in [0.5, 0.6) is 0 Å². The highest BCUT2D eigenvalue weighted by atomic mass is 16.4. The summed E-state index contributed by atoms with van der Waals surface area (Å²) in [6.07, 6.45) is 0.936. The van der Waals surface area contributed by atoms with Crippen molar-refractivity contribution in [1.29, 1.82) is 0 Å². The molecule has 1 fully saturated rings. The molecule has 0 bridgehead atoms. The molecule has 17 heavy (non-hydrogen) atoms. The number of carboxylic acid groups (broad SMARTS) is 1. The van der Waals surface area contributed by atoms with Crippen LogP contribution in [0.1, 0.15) is 47.5 Å². The summed E-state index contributed by atoms with van der Waals surface area (Å²) in [6.45, 7) is 10.5. The van der Waals surface area contributed by atoms with Gasteiger partial charge in [0.2, 0.25) is 5.91 Å². The molecule has 1 aliphatic heterocycles. The van der Waals surface area contributed by atoms with E-state index in [0.717, 1.165) is 0 Å². The molecular weight excluding hydrogens is 218 g/mol. The second-order valence-electron chi connectivity index (χ2n) is 6.98. The topological polar surface area (TPSA) is 57.6 Å². The largest absolute Gasteiger partial charge is 0.480 e. The lowest BCUT2D eigenvalue weighted by Gasteiger charge is -2.26. The molecule has 0 unspecified atom stereocenters. The van der Waals surface area contributed by atoms with Gasteiger partial charge < -0.3 is 10.0 Å². The number of hydrogen-bond donors (Lipinski definition) is 1. The number of likely N-dealkylation sites (tertiary alicyclic amines) is 1. The van der Waals surface area contributed by atoms with Crippen LogP contribution in [0.2, 0.25) is 0 Å². The van der Waals surface area contributed by atoms with Gasteiger partial charge in [-0.2, -0.15) is 0 Å². The zero-order valence-corrected chi connectivity index (χ0v) is 11.4. The molecule has 0 saturated carbocycles. The average Bonchev–Trinajstić information content (AvgIpc) is 2.38. The van der Waals surface area contributed by atoms with Crippen molar-refractivity contribution in [2.75, 3.05) is 6.54 Å². The standard InChI is InChI=1S/C13H23NO3/c1-12(2,3)7-10(15)14-8-13(4,5)6-9(14)11(16)17/h9H,6-8H2,1-5H3,(H,16,17)/t9-/m0/s1. The van der Waals surface area contributed by atoms with E-state index >= 15 is 0 Å². The van der Waals surface area contributed by atoms with E-state index in [-0.39, 0.29) is 16.7 Å². The Hall–Kier alpha value is -1.06. The summed E-state index contributed by atoms with van der Waals surface area (Å²) < 4.78 is 0. The summed E-state index contributed by atoms with van der Waals surface area (Å²) >= 11 is 0. The Morgan fingerprint density at radius 3 is 2.29 bits per heavy atom. The summed E-state index contributed by atoms with van der Waals surface area (Å²) in [5.41, 5.74) is -0.205. The highest BCUT2D eigenvalue weighted by Gasteiger charge is 2.44. The maximum Gasteiger partial charge on any atom is 0.326 e. The number of amides is 1. The van der Waals surface area contributed by atoms with E-state index in [0.29, 0.717) is 19.4 Å². The van der Waals surface area contributed by atoms with Crippen molar-refractivity contribution in [1.82, 2.24) is 4.90 Å². The summed E-state index contributed by atoms with van der Waals surface area (Å²) in [5.74, 6) is -0.937. The van der Waals surface area contributed by atoms with Crippen molar-refractivity contribution in [3.63, 3.8) is 0 Å². The van der Waals surface area contributed by atoms with Gasteiger partial charge in [-0.3, -0.25) is 4.79 Å². The molecule has 1 rings (SSSR count). The van der Waals surface area contributed by atoms with Crippen molar-refractivity contribution in [3.8, 4) is 0 Å². The summed E-state index contributed by atoms with van der Waals surface area (Å²) in [5, 5.41) is 9.17. The van der Waals surface area contributed by atoms with Gasteiger partial charge in [-0.15, -0.1) is 0 Å². The molecule has 0 radical (unpaired) electrons. The number of carbonyl (C=O) groups is 2. The van der Waals surface area contributed by atoms with E-state index in [4.69, 9.17) is 5.11 Å². The van der Waals surface area contributed by atoms with E-state index in [9.17, 15) is 9.59 Å². The smallest absolute Gasteiger partial charge is 0.326 e. The molecule has 1 N–H and O–H groups in total. The number of rotatable bonds is 2. The van der Waals surface area contributed by atoms with Crippen LogP contribution in [0.15, 0.2) is 0 Å². The van der Waals surface area contributed by atoms with Crippen molar-refractivity contribution in [2.24, 2.45) is 10.8 Å². The van der Waals surface area contributed by atoms with Crippen LogP contribution in [0, 0.1) is 10.8 Å². The number of nitrogens with zero attached hydrogens (tertiary/aromatic N) is 1. The van der Waals surface area contributed by atoms with Crippen molar-refractivity contribution < 1.29 is 14.7 Å². The first-order valence-corrected chi connectivity index (χ1v) is 6.04. The minimum Gasteiger partial charge on any atom is -0.480 e. The average molecular weight is 241 g/mol. The summed E-state index contributed by atoms with van der Waals surface area (Å²) in [4.78, 5) is 24.8. The third kappa shape index (κ3) is 3.72. The van der Waals surface area contributed by atoms with Gasteiger partial charge in [0.25, 0.3) is 0 Å². The van der Waals surface area contributed by atoms with Crippen molar-refractivity contribution in [3.05, 3.63) is 0 Å². The maximum absolute atomic E-state index is 12.1. The highest BCUT2D eigenvalue weighted by molar-refractivity contribution is 5.84. The minimum atomic E-state index is -0.891. The molecule has 4 heteroatoms. The number of carboxylic acids is 1. The second-order valence-corrected chi connectivity index (χ2v) is 6.98. The van der Waals surface area contributed by atoms with Gasteiger partial charge in [0.1, 0.15) is 6.04 Å². The van der Waals surface area contributed by atoms with E-state index in [1.54, 1.807) is 0 Å². The molecule has 98 valence electrons. The van der Waals surface area contributed by atoms with E-state index in [1.165, 1.54) is 4.90 Å². The lowest BCUT2D eigenvalue weighted by molar-refractivity contribution is -0.148. The van der Waals surface area contributed by atoms with Gasteiger partial charge in [0.05, 0.1) is 0 Å². The van der Waals surface area contributed by atoms with Gasteiger partial charge >= 0.3 is 5.97 Å². The molecular formula is C13H23NO3. The monoisotopic (exact) mass is 241 g/mol. The quantitative estimate of drug-likeness (QED) is 0.805. The Labute approximate surface area is 103 Å². The van der Waals surface area contributed by atoms with Gasteiger partial charge in [0.15, 0.2) is 0 Å². The van der Waals surface area contributed by atoms with Crippen LogP contribution in [-0.2, 0) is 9.59 Å². The number of hydrogen-bond acceptors (Lipinski definition) is 2. The molecule has 0 aromatic heterocycles. The van der Waals surface area contributed by atoms with Gasteiger partial charge in [-0.1, -0.05) is 34.6 Å². The lowest BCUT2D eigenvalue weighted by Crippen LogP contribution is -2.41. The summed E-state index contributed by atoms with van der Waals surface area (Å²) in [6, 6.07) is -0.653. The first-order chi connectivity index (χ1) is 7.52. The van der Waals surface area contributed by atoms with E-state index in [1.807, 2.05) is 34.6 Å². The highest BCUT2D eigenvalue weighted by Crippen LogP contribution is 2.35. The molecule has 1 atom stereocenters. The summed E-state index contributed by atoms with van der Waals surface area (Å²) in [7, 11) is 0. The van der Waals surface area contributed by atoms with E-state index < -0.39 is 12.0 Å².